The standard InChI is InChI=1S/C10H18N4O3S.ClH/c1-13-4-2-11-10(13)18(15,16)12-3-5-14-6-8-17-9-7-14;/h2,4,12H,3,5-9H2,1H3;1H. The van der Waals surface area contributed by atoms with Crippen molar-refractivity contribution in [2.24, 2.45) is 7.05 Å². The average Bonchev–Trinajstić information content (AvgIpc) is 2.77. The molecule has 0 atom stereocenters. The zero-order valence-corrected chi connectivity index (χ0v) is 12.4. The van der Waals surface area contributed by atoms with Crippen molar-refractivity contribution in [1.29, 1.82) is 0 Å². The van der Waals surface area contributed by atoms with Crippen molar-refractivity contribution in [1.82, 2.24) is 19.2 Å². The summed E-state index contributed by atoms with van der Waals surface area (Å²) in [5.74, 6) is 0. The zero-order valence-electron chi connectivity index (χ0n) is 10.8. The van der Waals surface area contributed by atoms with Crippen LogP contribution in [-0.4, -0.2) is 62.3 Å². The van der Waals surface area contributed by atoms with Gasteiger partial charge < -0.3 is 9.30 Å². The largest absolute Gasteiger partial charge is 0.379 e. The third kappa shape index (κ3) is 4.43. The molecule has 0 radical (unpaired) electrons. The third-order valence-electron chi connectivity index (χ3n) is 2.84. The minimum Gasteiger partial charge on any atom is -0.379 e. The lowest BCUT2D eigenvalue weighted by atomic mass is 10.4. The maximum atomic E-state index is 11.9. The van der Waals surface area contributed by atoms with Gasteiger partial charge in [0.1, 0.15) is 0 Å². The zero-order chi connectivity index (χ0) is 13.0. The quantitative estimate of drug-likeness (QED) is 0.790. The van der Waals surface area contributed by atoms with Crippen LogP contribution in [-0.2, 0) is 21.8 Å². The number of sulfonamides is 1. The number of morpholine rings is 1. The predicted octanol–water partition coefficient (Wildman–Crippen LogP) is -0.548. The van der Waals surface area contributed by atoms with Gasteiger partial charge in [0.05, 0.1) is 13.2 Å². The SMILES string of the molecule is Cl.Cn1ccnc1S(=O)(=O)NCCN1CCOCC1. The second-order valence-corrected chi connectivity index (χ2v) is 5.83. The van der Waals surface area contributed by atoms with Gasteiger partial charge >= 0.3 is 0 Å². The fraction of sp³-hybridized carbons (Fsp3) is 0.700. The summed E-state index contributed by atoms with van der Waals surface area (Å²) in [5.41, 5.74) is 0. The Kier molecular flexibility index (Phi) is 6.21. The van der Waals surface area contributed by atoms with Crippen LogP contribution in [0, 0.1) is 0 Å². The highest BCUT2D eigenvalue weighted by Crippen LogP contribution is 2.03. The van der Waals surface area contributed by atoms with Crippen molar-refractivity contribution >= 4 is 22.4 Å². The number of aromatic nitrogens is 2. The van der Waals surface area contributed by atoms with Gasteiger partial charge in [0, 0.05) is 45.6 Å². The Morgan fingerprint density at radius 3 is 2.68 bits per heavy atom. The summed E-state index contributed by atoms with van der Waals surface area (Å²) in [6.07, 6.45) is 3.08. The molecule has 1 aliphatic rings. The van der Waals surface area contributed by atoms with Crippen molar-refractivity contribution in [2.75, 3.05) is 39.4 Å². The Morgan fingerprint density at radius 1 is 1.42 bits per heavy atom. The number of ether oxygens (including phenoxy) is 1. The lowest BCUT2D eigenvalue weighted by molar-refractivity contribution is 0.0390. The molecule has 1 aromatic rings. The first-order valence-corrected chi connectivity index (χ1v) is 7.35. The van der Waals surface area contributed by atoms with Gasteiger partial charge in [-0.25, -0.2) is 18.1 Å². The fourth-order valence-electron chi connectivity index (χ4n) is 1.84. The van der Waals surface area contributed by atoms with E-state index in [9.17, 15) is 8.42 Å². The summed E-state index contributed by atoms with van der Waals surface area (Å²) in [6.45, 7) is 4.20. The van der Waals surface area contributed by atoms with E-state index < -0.39 is 10.0 Å². The Balaban J connectivity index is 0.00000180. The lowest BCUT2D eigenvalue weighted by Gasteiger charge is -2.26. The molecule has 0 spiro atoms. The van der Waals surface area contributed by atoms with Crippen molar-refractivity contribution in [3.05, 3.63) is 12.4 Å². The molecule has 1 aromatic heterocycles. The average molecular weight is 311 g/mol. The van der Waals surface area contributed by atoms with Gasteiger partial charge in [0.25, 0.3) is 10.0 Å². The summed E-state index contributed by atoms with van der Waals surface area (Å²) >= 11 is 0. The van der Waals surface area contributed by atoms with E-state index in [2.05, 4.69) is 14.6 Å². The summed E-state index contributed by atoms with van der Waals surface area (Å²) in [6, 6.07) is 0. The number of imidazole rings is 1. The Morgan fingerprint density at radius 2 is 2.11 bits per heavy atom. The van der Waals surface area contributed by atoms with Gasteiger partial charge in [0.15, 0.2) is 0 Å². The summed E-state index contributed by atoms with van der Waals surface area (Å²) in [5, 5.41) is 0.0458. The number of aryl methyl sites for hydroxylation is 1. The molecule has 1 saturated heterocycles. The molecule has 0 bridgehead atoms. The fourth-order valence-corrected chi connectivity index (χ4v) is 2.97. The topological polar surface area (TPSA) is 76.5 Å². The second-order valence-electron chi connectivity index (χ2n) is 4.17. The molecule has 110 valence electrons. The molecule has 0 amide bonds. The minimum absolute atomic E-state index is 0. The van der Waals surface area contributed by atoms with Crippen LogP contribution >= 0.6 is 12.4 Å². The molecule has 0 saturated carbocycles. The van der Waals surface area contributed by atoms with Gasteiger partial charge in [-0.3, -0.25) is 4.90 Å². The Bertz CT molecular complexity index is 485. The molecule has 2 rings (SSSR count). The molecule has 0 aliphatic carbocycles. The highest BCUT2D eigenvalue weighted by atomic mass is 35.5. The Hall–Kier alpha value is -0.670. The molecule has 9 heteroatoms. The van der Waals surface area contributed by atoms with Gasteiger partial charge in [-0.1, -0.05) is 0 Å². The van der Waals surface area contributed by atoms with Crippen LogP contribution in [0.4, 0.5) is 0 Å². The van der Waals surface area contributed by atoms with Gasteiger partial charge in [0.2, 0.25) is 5.16 Å². The van der Waals surface area contributed by atoms with Crippen molar-refractivity contribution in [3.63, 3.8) is 0 Å². The van der Waals surface area contributed by atoms with Crippen LogP contribution in [0.3, 0.4) is 0 Å². The van der Waals surface area contributed by atoms with Crippen LogP contribution in [0.5, 0.6) is 0 Å². The second kappa shape index (κ2) is 7.20. The maximum Gasteiger partial charge on any atom is 0.274 e. The highest BCUT2D eigenvalue weighted by Gasteiger charge is 2.19. The predicted molar refractivity (Wildman–Crippen MR) is 72.9 cm³/mol. The number of nitrogens with one attached hydrogen (secondary N) is 1. The first-order chi connectivity index (χ1) is 8.59. The van der Waals surface area contributed by atoms with Crippen molar-refractivity contribution < 1.29 is 13.2 Å². The van der Waals surface area contributed by atoms with Crippen LogP contribution in [0.1, 0.15) is 0 Å². The highest BCUT2D eigenvalue weighted by molar-refractivity contribution is 7.89. The summed E-state index contributed by atoms with van der Waals surface area (Å²) in [4.78, 5) is 6.00. The molecule has 7 nitrogen and oxygen atoms in total. The first-order valence-electron chi connectivity index (χ1n) is 5.87. The van der Waals surface area contributed by atoms with Crippen LogP contribution in [0.25, 0.3) is 0 Å². The molecule has 1 fully saturated rings. The lowest BCUT2D eigenvalue weighted by Crippen LogP contribution is -2.41. The van der Waals surface area contributed by atoms with E-state index in [1.54, 1.807) is 13.2 Å². The maximum absolute atomic E-state index is 11.9. The molecule has 19 heavy (non-hydrogen) atoms. The van der Waals surface area contributed by atoms with Gasteiger partial charge in [-0.2, -0.15) is 0 Å². The molecular formula is C10H19ClN4O3S. The number of hydrogen-bond acceptors (Lipinski definition) is 5. The van der Waals surface area contributed by atoms with Crippen molar-refractivity contribution in [3.8, 4) is 0 Å². The number of nitrogens with zero attached hydrogens (tertiary/aromatic N) is 3. The van der Waals surface area contributed by atoms with E-state index in [4.69, 9.17) is 4.74 Å². The summed E-state index contributed by atoms with van der Waals surface area (Å²) < 4.78 is 33.1. The summed E-state index contributed by atoms with van der Waals surface area (Å²) in [7, 11) is -1.85. The molecule has 1 aliphatic heterocycles. The van der Waals surface area contributed by atoms with Crippen molar-refractivity contribution in [2.45, 2.75) is 5.16 Å². The first kappa shape index (κ1) is 16.4. The van der Waals surface area contributed by atoms with E-state index in [1.807, 2.05) is 0 Å². The number of halogens is 1. The van der Waals surface area contributed by atoms with E-state index in [0.717, 1.165) is 13.1 Å². The molecule has 0 unspecified atom stereocenters. The van der Waals surface area contributed by atoms with E-state index in [1.165, 1.54) is 10.8 Å². The third-order valence-corrected chi connectivity index (χ3v) is 4.30. The number of hydrogen-bond donors (Lipinski definition) is 1. The van der Waals surface area contributed by atoms with Crippen LogP contribution < -0.4 is 4.72 Å². The molecule has 0 aromatic carbocycles. The van der Waals surface area contributed by atoms with Gasteiger partial charge in [-0.05, 0) is 0 Å². The minimum atomic E-state index is -3.50. The van der Waals surface area contributed by atoms with E-state index in [-0.39, 0.29) is 17.6 Å². The van der Waals surface area contributed by atoms with Crippen LogP contribution in [0.2, 0.25) is 0 Å². The molecule has 1 N–H and O–H groups in total. The van der Waals surface area contributed by atoms with Gasteiger partial charge in [-0.15, -0.1) is 12.4 Å². The molecular weight excluding hydrogens is 292 g/mol. The smallest absolute Gasteiger partial charge is 0.274 e. The number of rotatable bonds is 5. The van der Waals surface area contributed by atoms with E-state index >= 15 is 0 Å². The van der Waals surface area contributed by atoms with Crippen LogP contribution in [0.15, 0.2) is 17.6 Å². The monoisotopic (exact) mass is 310 g/mol. The molecule has 2 heterocycles. The normalized spacial score (nSPS) is 17.1. The van der Waals surface area contributed by atoms with E-state index in [0.29, 0.717) is 26.3 Å². The Labute approximate surface area is 119 Å².